The number of ketones is 1. The molecule has 12 heteroatoms. The van der Waals surface area contributed by atoms with Gasteiger partial charge in [-0.15, -0.1) is 10.2 Å². The van der Waals surface area contributed by atoms with Gasteiger partial charge in [0.05, 0.1) is 23.3 Å². The van der Waals surface area contributed by atoms with Crippen molar-refractivity contribution in [3.63, 3.8) is 0 Å². The van der Waals surface area contributed by atoms with Gasteiger partial charge in [0.15, 0.2) is 10.1 Å². The number of Topliss-reactive ketones (excluding diaryl/α,β-unsaturated/α-hetero) is 1. The molecule has 1 aliphatic heterocycles. The number of allylic oxidation sites excluding steroid dienone is 3. The summed E-state index contributed by atoms with van der Waals surface area (Å²) >= 11 is 12.4. The predicted octanol–water partition coefficient (Wildman–Crippen LogP) is 5.99. The van der Waals surface area contributed by atoms with Crippen LogP contribution in [0.15, 0.2) is 80.0 Å². The molecular formula is C26H20BrClN6O2S2. The van der Waals surface area contributed by atoms with Gasteiger partial charge in [-0.3, -0.25) is 14.5 Å². The number of carbonyl (C=O) groups excluding carboxylic acids is 2. The number of benzene rings is 2. The highest BCUT2D eigenvalue weighted by Gasteiger charge is 2.41. The van der Waals surface area contributed by atoms with E-state index in [1.165, 1.54) is 23.1 Å². The molecule has 2 heterocycles. The molecule has 5 rings (SSSR count). The van der Waals surface area contributed by atoms with Crippen LogP contribution in [0.1, 0.15) is 30.7 Å². The largest absolute Gasteiger partial charge is 0.384 e. The van der Waals surface area contributed by atoms with Gasteiger partial charge in [0.1, 0.15) is 5.82 Å². The summed E-state index contributed by atoms with van der Waals surface area (Å²) in [6.45, 7) is 0. The van der Waals surface area contributed by atoms with Crippen LogP contribution in [0.2, 0.25) is 5.02 Å². The summed E-state index contributed by atoms with van der Waals surface area (Å²) in [5.74, 6) is -0.516. The fourth-order valence-electron chi connectivity index (χ4n) is 4.53. The van der Waals surface area contributed by atoms with Gasteiger partial charge in [0.25, 0.3) is 0 Å². The number of anilines is 2. The van der Waals surface area contributed by atoms with E-state index >= 15 is 0 Å². The molecule has 1 aromatic heterocycles. The number of thioether (sulfide) groups is 1. The van der Waals surface area contributed by atoms with Crippen molar-refractivity contribution < 1.29 is 9.59 Å². The molecule has 1 atom stereocenters. The van der Waals surface area contributed by atoms with Crippen LogP contribution in [0.5, 0.6) is 0 Å². The number of amides is 1. The summed E-state index contributed by atoms with van der Waals surface area (Å²) in [4.78, 5) is 27.3. The Morgan fingerprint density at radius 2 is 2.00 bits per heavy atom. The Kier molecular flexibility index (Phi) is 7.85. The number of hydrogen-bond acceptors (Lipinski definition) is 9. The molecule has 0 fully saturated rings. The van der Waals surface area contributed by atoms with Gasteiger partial charge in [-0.05, 0) is 48.7 Å². The minimum absolute atomic E-state index is 0.0369. The van der Waals surface area contributed by atoms with Crippen LogP contribution in [0.25, 0.3) is 0 Å². The Labute approximate surface area is 240 Å². The van der Waals surface area contributed by atoms with E-state index in [4.69, 9.17) is 17.3 Å². The Balaban J connectivity index is 1.42. The van der Waals surface area contributed by atoms with Gasteiger partial charge in [0.2, 0.25) is 11.0 Å². The molecule has 1 unspecified atom stereocenters. The molecule has 8 nitrogen and oxygen atoms in total. The SMILES string of the molecule is N#CC1=C(N)N(c2nnc(SCC(=O)Nc3ccc(Br)cc3)s2)C2=C(C(=O)CCC2)C1c1ccccc1Cl. The van der Waals surface area contributed by atoms with Crippen molar-refractivity contribution in [2.45, 2.75) is 29.5 Å². The number of nitriles is 1. The summed E-state index contributed by atoms with van der Waals surface area (Å²) < 4.78 is 1.49. The van der Waals surface area contributed by atoms with E-state index in [1.807, 2.05) is 24.3 Å². The molecule has 192 valence electrons. The zero-order valence-electron chi connectivity index (χ0n) is 19.8. The topological polar surface area (TPSA) is 125 Å². The second-order valence-corrected chi connectivity index (χ2v) is 12.0. The van der Waals surface area contributed by atoms with Gasteiger partial charge in [-0.1, -0.05) is 68.8 Å². The molecule has 2 aromatic carbocycles. The summed E-state index contributed by atoms with van der Waals surface area (Å²) in [5, 5.41) is 22.4. The molecule has 0 spiro atoms. The summed E-state index contributed by atoms with van der Waals surface area (Å²) in [6, 6.07) is 16.7. The van der Waals surface area contributed by atoms with Crippen LogP contribution in [-0.2, 0) is 9.59 Å². The lowest BCUT2D eigenvalue weighted by Crippen LogP contribution is -2.38. The first kappa shape index (κ1) is 26.4. The Hall–Kier alpha value is -3.17. The lowest BCUT2D eigenvalue weighted by atomic mass is 9.76. The summed E-state index contributed by atoms with van der Waals surface area (Å²) in [7, 11) is 0. The molecule has 0 bridgehead atoms. The number of nitrogens with two attached hydrogens (primary N) is 1. The van der Waals surface area contributed by atoms with Crippen molar-refractivity contribution in [2.24, 2.45) is 5.73 Å². The average Bonchev–Trinajstić information content (AvgIpc) is 3.37. The minimum atomic E-state index is -0.642. The van der Waals surface area contributed by atoms with E-state index in [0.29, 0.717) is 56.3 Å². The Bertz CT molecular complexity index is 1530. The van der Waals surface area contributed by atoms with Gasteiger partial charge in [0, 0.05) is 32.9 Å². The number of nitrogens with one attached hydrogen (secondary N) is 1. The van der Waals surface area contributed by atoms with Crippen molar-refractivity contribution >= 4 is 73.1 Å². The first-order valence-corrected chi connectivity index (χ1v) is 14.6. The molecule has 0 radical (unpaired) electrons. The normalized spacial score (nSPS) is 17.3. The quantitative estimate of drug-likeness (QED) is 0.319. The van der Waals surface area contributed by atoms with Gasteiger partial charge in [-0.25, -0.2) is 0 Å². The minimum Gasteiger partial charge on any atom is -0.384 e. The van der Waals surface area contributed by atoms with Gasteiger partial charge in [-0.2, -0.15) is 5.26 Å². The molecule has 3 N–H and O–H groups in total. The average molecular weight is 628 g/mol. The molecule has 38 heavy (non-hydrogen) atoms. The van der Waals surface area contributed by atoms with E-state index in [-0.39, 0.29) is 28.8 Å². The third kappa shape index (κ3) is 5.22. The van der Waals surface area contributed by atoms with Crippen molar-refractivity contribution in [2.75, 3.05) is 16.0 Å². The van der Waals surface area contributed by atoms with Crippen molar-refractivity contribution in [3.05, 3.63) is 86.3 Å². The summed E-state index contributed by atoms with van der Waals surface area (Å²) in [5.41, 5.74) is 9.42. The number of halogens is 2. The van der Waals surface area contributed by atoms with Crippen LogP contribution in [0.4, 0.5) is 10.8 Å². The highest BCUT2D eigenvalue weighted by atomic mass is 79.9. The highest BCUT2D eigenvalue weighted by Crippen LogP contribution is 2.48. The number of hydrogen-bond donors (Lipinski definition) is 2. The molecule has 0 saturated carbocycles. The highest BCUT2D eigenvalue weighted by molar-refractivity contribution is 9.10. The predicted molar refractivity (Wildman–Crippen MR) is 153 cm³/mol. The van der Waals surface area contributed by atoms with Gasteiger partial charge >= 0.3 is 0 Å². The lowest BCUT2D eigenvalue weighted by Gasteiger charge is -2.38. The van der Waals surface area contributed by atoms with Crippen LogP contribution >= 0.6 is 50.6 Å². The second kappa shape index (κ2) is 11.3. The van der Waals surface area contributed by atoms with Crippen molar-refractivity contribution in [3.8, 4) is 6.07 Å². The maximum Gasteiger partial charge on any atom is 0.234 e. The van der Waals surface area contributed by atoms with E-state index in [1.54, 1.807) is 29.2 Å². The third-order valence-corrected chi connectivity index (χ3v) is 9.09. The van der Waals surface area contributed by atoms with E-state index < -0.39 is 5.92 Å². The molecule has 1 aliphatic carbocycles. The third-order valence-electron chi connectivity index (χ3n) is 6.17. The van der Waals surface area contributed by atoms with Crippen molar-refractivity contribution in [1.29, 1.82) is 5.26 Å². The van der Waals surface area contributed by atoms with Crippen molar-refractivity contribution in [1.82, 2.24) is 10.2 Å². The fraction of sp³-hybridized carbons (Fsp3) is 0.192. The van der Waals surface area contributed by atoms with E-state index in [0.717, 1.165) is 4.47 Å². The summed E-state index contributed by atoms with van der Waals surface area (Å²) in [6.07, 6.45) is 1.64. The molecule has 0 saturated heterocycles. The van der Waals surface area contributed by atoms with Crippen LogP contribution in [-0.4, -0.2) is 27.6 Å². The maximum atomic E-state index is 13.2. The second-order valence-electron chi connectivity index (χ2n) is 8.53. The molecule has 3 aromatic rings. The number of nitrogens with zero attached hydrogens (tertiary/aromatic N) is 4. The lowest BCUT2D eigenvalue weighted by molar-refractivity contribution is -0.116. The Morgan fingerprint density at radius 1 is 1.24 bits per heavy atom. The first-order chi connectivity index (χ1) is 18.4. The number of rotatable bonds is 6. The van der Waals surface area contributed by atoms with E-state index in [9.17, 15) is 14.9 Å². The Morgan fingerprint density at radius 3 is 2.74 bits per heavy atom. The smallest absolute Gasteiger partial charge is 0.234 e. The number of aromatic nitrogens is 2. The maximum absolute atomic E-state index is 13.2. The van der Waals surface area contributed by atoms with Crippen LogP contribution in [0.3, 0.4) is 0 Å². The zero-order chi connectivity index (χ0) is 26.8. The molecular weight excluding hydrogens is 608 g/mol. The first-order valence-electron chi connectivity index (χ1n) is 11.6. The van der Waals surface area contributed by atoms with Crippen LogP contribution in [0, 0.1) is 11.3 Å². The van der Waals surface area contributed by atoms with Crippen LogP contribution < -0.4 is 16.0 Å². The fourth-order valence-corrected chi connectivity index (χ4v) is 6.72. The molecule has 2 aliphatic rings. The zero-order valence-corrected chi connectivity index (χ0v) is 23.8. The van der Waals surface area contributed by atoms with Gasteiger partial charge < -0.3 is 11.1 Å². The standard InChI is InChI=1S/C26H20BrClN6O2S2/c27-14-8-10-15(11-9-14)31-21(36)13-37-26-33-32-25(38-26)34-19-6-3-7-20(35)23(19)22(17(12-29)24(34)30)16-4-1-2-5-18(16)28/h1-2,4-5,8-11,22H,3,6-7,13,30H2,(H,31,36). The molecule has 1 amide bonds. The van der Waals surface area contributed by atoms with E-state index in [2.05, 4.69) is 37.5 Å². The number of carbonyl (C=O) groups is 2. The monoisotopic (exact) mass is 626 g/mol.